The number of hydrogen-bond acceptors (Lipinski definition) is 2. The van der Waals surface area contributed by atoms with Gasteiger partial charge in [-0.25, -0.2) is 9.97 Å². The summed E-state index contributed by atoms with van der Waals surface area (Å²) < 4.78 is 0. The molecule has 0 spiro atoms. The van der Waals surface area contributed by atoms with E-state index in [1.807, 2.05) is 42.6 Å². The number of halogens is 2. The Morgan fingerprint density at radius 2 is 1.81 bits per heavy atom. The van der Waals surface area contributed by atoms with Gasteiger partial charge in [0.25, 0.3) is 0 Å². The third-order valence-corrected chi connectivity index (χ3v) is 5.01. The molecule has 4 rings (SSSR count). The van der Waals surface area contributed by atoms with Crippen LogP contribution >= 0.6 is 23.2 Å². The van der Waals surface area contributed by atoms with E-state index in [-0.39, 0.29) is 0 Å². The molecule has 0 saturated carbocycles. The molecule has 132 valence electrons. The van der Waals surface area contributed by atoms with E-state index in [4.69, 9.17) is 23.2 Å². The lowest BCUT2D eigenvalue weighted by molar-refractivity contribution is 0.781. The highest BCUT2D eigenvalue weighted by molar-refractivity contribution is 6.39. The predicted molar refractivity (Wildman–Crippen MR) is 108 cm³/mol. The number of aromatic amines is 2. The van der Waals surface area contributed by atoms with Crippen LogP contribution in [0.2, 0.25) is 10.0 Å². The fraction of sp³-hybridized carbons (Fsp3) is 0.200. The number of nitrogens with zero attached hydrogens (tertiary/aromatic N) is 2. The van der Waals surface area contributed by atoms with Gasteiger partial charge in [-0.2, -0.15) is 0 Å². The smallest absolute Gasteiger partial charge is 0.141 e. The normalized spacial score (nSPS) is 11.3. The second kappa shape index (κ2) is 7.14. The summed E-state index contributed by atoms with van der Waals surface area (Å²) in [5.74, 6) is 1.53. The van der Waals surface area contributed by atoms with Gasteiger partial charge in [-0.05, 0) is 43.2 Å². The zero-order valence-corrected chi connectivity index (χ0v) is 15.8. The molecule has 2 aromatic carbocycles. The maximum atomic E-state index is 6.30. The molecule has 2 aromatic heterocycles. The lowest BCUT2D eigenvalue weighted by Crippen LogP contribution is -1.85. The molecular weight excluding hydrogens is 367 g/mol. The van der Waals surface area contributed by atoms with Crippen LogP contribution in [-0.2, 0) is 6.42 Å². The summed E-state index contributed by atoms with van der Waals surface area (Å²) in [7, 11) is 0. The molecule has 4 aromatic rings. The van der Waals surface area contributed by atoms with E-state index in [0.29, 0.717) is 21.4 Å². The molecule has 0 amide bonds. The van der Waals surface area contributed by atoms with Crippen molar-refractivity contribution in [2.24, 2.45) is 0 Å². The van der Waals surface area contributed by atoms with Crippen molar-refractivity contribution in [3.63, 3.8) is 0 Å². The average molecular weight is 385 g/mol. The summed E-state index contributed by atoms with van der Waals surface area (Å²) in [6, 6.07) is 11.5. The van der Waals surface area contributed by atoms with Gasteiger partial charge in [-0.1, -0.05) is 42.6 Å². The molecule has 0 saturated heterocycles. The Morgan fingerprint density at radius 1 is 1.00 bits per heavy atom. The van der Waals surface area contributed by atoms with Gasteiger partial charge < -0.3 is 9.97 Å². The average Bonchev–Trinajstić information content (AvgIpc) is 3.26. The minimum Gasteiger partial charge on any atom is -0.342 e. The number of nitrogens with one attached hydrogen (secondary N) is 2. The van der Waals surface area contributed by atoms with Crippen molar-refractivity contribution in [2.45, 2.75) is 26.2 Å². The quantitative estimate of drug-likeness (QED) is 0.425. The van der Waals surface area contributed by atoms with Crippen molar-refractivity contribution >= 4 is 34.2 Å². The zero-order chi connectivity index (χ0) is 18.1. The van der Waals surface area contributed by atoms with Gasteiger partial charge >= 0.3 is 0 Å². The first-order valence-electron chi connectivity index (χ1n) is 8.64. The van der Waals surface area contributed by atoms with Gasteiger partial charge in [-0.15, -0.1) is 0 Å². The number of aryl methyl sites for hydroxylation is 1. The van der Waals surface area contributed by atoms with E-state index in [9.17, 15) is 0 Å². The molecule has 26 heavy (non-hydrogen) atoms. The molecule has 2 heterocycles. The molecule has 0 atom stereocenters. The topological polar surface area (TPSA) is 57.4 Å². The maximum Gasteiger partial charge on any atom is 0.141 e. The Balaban J connectivity index is 1.71. The monoisotopic (exact) mass is 384 g/mol. The van der Waals surface area contributed by atoms with Crippen molar-refractivity contribution < 1.29 is 0 Å². The first-order chi connectivity index (χ1) is 12.7. The minimum absolute atomic E-state index is 0.573. The molecule has 0 bridgehead atoms. The standard InChI is InChI=1S/C20H18Cl2N4/c1-2-3-5-13-11-23-19(24-13)12-8-9-16-17(10-12)26-20(25-16)18-14(21)6-4-7-15(18)22/h4,6-11H,2-3,5H2,1H3,(H,23,24)(H,25,26). The van der Waals surface area contributed by atoms with Crippen LogP contribution in [0.3, 0.4) is 0 Å². The van der Waals surface area contributed by atoms with Crippen LogP contribution in [-0.4, -0.2) is 19.9 Å². The van der Waals surface area contributed by atoms with Crippen LogP contribution in [0.1, 0.15) is 25.5 Å². The van der Waals surface area contributed by atoms with Gasteiger partial charge in [0, 0.05) is 17.5 Å². The van der Waals surface area contributed by atoms with Crippen LogP contribution < -0.4 is 0 Å². The summed E-state index contributed by atoms with van der Waals surface area (Å²) in [5.41, 5.74) is 4.67. The van der Waals surface area contributed by atoms with E-state index in [1.54, 1.807) is 0 Å². The number of aromatic nitrogens is 4. The lowest BCUT2D eigenvalue weighted by atomic mass is 10.2. The van der Waals surface area contributed by atoms with Crippen molar-refractivity contribution in [2.75, 3.05) is 0 Å². The first kappa shape index (κ1) is 17.1. The third kappa shape index (κ3) is 3.22. The summed E-state index contributed by atoms with van der Waals surface area (Å²) in [6.07, 6.45) is 5.26. The number of benzene rings is 2. The van der Waals surface area contributed by atoms with Gasteiger partial charge in [-0.3, -0.25) is 0 Å². The molecule has 4 nitrogen and oxygen atoms in total. The summed E-state index contributed by atoms with van der Waals surface area (Å²) in [5, 5.41) is 1.15. The molecule has 6 heteroatoms. The maximum absolute atomic E-state index is 6.30. The molecule has 0 aliphatic rings. The molecule has 0 aliphatic carbocycles. The van der Waals surface area contributed by atoms with Crippen LogP contribution in [0.15, 0.2) is 42.6 Å². The number of hydrogen-bond donors (Lipinski definition) is 2. The summed E-state index contributed by atoms with van der Waals surface area (Å²) in [4.78, 5) is 15.9. The van der Waals surface area contributed by atoms with Crippen molar-refractivity contribution in [1.29, 1.82) is 0 Å². The van der Waals surface area contributed by atoms with Gasteiger partial charge in [0.05, 0.1) is 26.6 Å². The van der Waals surface area contributed by atoms with Crippen molar-refractivity contribution in [3.05, 3.63) is 58.3 Å². The molecule has 2 N–H and O–H groups in total. The summed E-state index contributed by atoms with van der Waals surface area (Å²) >= 11 is 12.6. The predicted octanol–water partition coefficient (Wildman–Crippen LogP) is 6.27. The van der Waals surface area contributed by atoms with Crippen LogP contribution in [0.5, 0.6) is 0 Å². The van der Waals surface area contributed by atoms with Crippen LogP contribution in [0.4, 0.5) is 0 Å². The Bertz CT molecular complexity index is 1040. The van der Waals surface area contributed by atoms with Crippen LogP contribution in [0, 0.1) is 0 Å². The molecule has 0 radical (unpaired) electrons. The fourth-order valence-electron chi connectivity index (χ4n) is 3.00. The highest BCUT2D eigenvalue weighted by Gasteiger charge is 2.13. The third-order valence-electron chi connectivity index (χ3n) is 4.38. The lowest BCUT2D eigenvalue weighted by Gasteiger charge is -2.02. The van der Waals surface area contributed by atoms with Gasteiger partial charge in [0.1, 0.15) is 11.6 Å². The number of unbranched alkanes of at least 4 members (excludes halogenated alkanes) is 1. The highest BCUT2D eigenvalue weighted by Crippen LogP contribution is 2.34. The summed E-state index contributed by atoms with van der Waals surface area (Å²) in [6.45, 7) is 2.19. The molecule has 0 aliphatic heterocycles. The van der Waals surface area contributed by atoms with E-state index < -0.39 is 0 Å². The van der Waals surface area contributed by atoms with Gasteiger partial charge in [0.2, 0.25) is 0 Å². The van der Waals surface area contributed by atoms with E-state index in [2.05, 4.69) is 26.9 Å². The SMILES string of the molecule is CCCCc1cnc(-c2ccc3nc(-c4c(Cl)cccc4Cl)[nH]c3c2)[nH]1. The number of rotatable bonds is 5. The highest BCUT2D eigenvalue weighted by atomic mass is 35.5. The molecule has 0 unspecified atom stereocenters. The fourth-order valence-corrected chi connectivity index (χ4v) is 3.58. The number of fused-ring (bicyclic) bond motifs is 1. The van der Waals surface area contributed by atoms with E-state index in [1.165, 1.54) is 6.42 Å². The van der Waals surface area contributed by atoms with Crippen molar-refractivity contribution in [1.82, 2.24) is 19.9 Å². The Labute approximate surface area is 161 Å². The van der Waals surface area contributed by atoms with E-state index >= 15 is 0 Å². The van der Waals surface area contributed by atoms with E-state index in [0.717, 1.165) is 41.0 Å². The van der Waals surface area contributed by atoms with Crippen LogP contribution in [0.25, 0.3) is 33.8 Å². The Kier molecular flexibility index (Phi) is 4.70. The second-order valence-corrected chi connectivity index (χ2v) is 7.09. The molecule has 0 fully saturated rings. The molecular formula is C20H18Cl2N4. The largest absolute Gasteiger partial charge is 0.342 e. The number of H-pyrrole nitrogens is 2. The van der Waals surface area contributed by atoms with Gasteiger partial charge in [0.15, 0.2) is 0 Å². The second-order valence-electron chi connectivity index (χ2n) is 6.27. The first-order valence-corrected chi connectivity index (χ1v) is 9.39. The minimum atomic E-state index is 0.573. The van der Waals surface area contributed by atoms with Crippen molar-refractivity contribution in [3.8, 4) is 22.8 Å². The number of imidazole rings is 2. The Morgan fingerprint density at radius 3 is 2.58 bits per heavy atom. The Hall–Kier alpha value is -2.30. The zero-order valence-electron chi connectivity index (χ0n) is 14.3.